The van der Waals surface area contributed by atoms with E-state index in [2.05, 4.69) is 28.9 Å². The minimum Gasteiger partial charge on any atom is -0.370 e. The number of guanidine groups is 1. The zero-order valence-corrected chi connectivity index (χ0v) is 8.82. The first-order valence-corrected chi connectivity index (χ1v) is 4.86. The van der Waals surface area contributed by atoms with Gasteiger partial charge in [-0.2, -0.15) is 0 Å². The molecule has 2 N–H and O–H groups in total. The molecule has 1 fully saturated rings. The quantitative estimate of drug-likeness (QED) is 0.484. The normalized spacial score (nSPS) is 24.5. The van der Waals surface area contributed by atoms with E-state index in [-0.39, 0.29) is 0 Å². The van der Waals surface area contributed by atoms with Crippen molar-refractivity contribution in [2.75, 3.05) is 33.7 Å². The van der Waals surface area contributed by atoms with E-state index in [1.165, 1.54) is 6.42 Å². The van der Waals surface area contributed by atoms with E-state index in [1.807, 2.05) is 6.92 Å². The number of likely N-dealkylation sites (N-methyl/N-ethyl adjacent to an activating group) is 1. The minimum atomic E-state index is 0.630. The molecule has 76 valence electrons. The molecule has 1 atom stereocenters. The van der Waals surface area contributed by atoms with Gasteiger partial charge in [-0.1, -0.05) is 0 Å². The van der Waals surface area contributed by atoms with Gasteiger partial charge in [-0.25, -0.2) is 0 Å². The predicted molar refractivity (Wildman–Crippen MR) is 55.8 cm³/mol. The molecule has 0 aromatic rings. The van der Waals surface area contributed by atoms with Gasteiger partial charge in [-0.3, -0.25) is 4.99 Å². The summed E-state index contributed by atoms with van der Waals surface area (Å²) >= 11 is 0. The molecule has 0 bridgehead atoms. The maximum atomic E-state index is 5.81. The molecule has 1 heterocycles. The van der Waals surface area contributed by atoms with Crippen molar-refractivity contribution in [1.82, 2.24) is 9.80 Å². The zero-order chi connectivity index (χ0) is 9.84. The Bertz CT molecular complexity index is 188. The van der Waals surface area contributed by atoms with Crippen molar-refractivity contribution < 1.29 is 0 Å². The maximum Gasteiger partial charge on any atom is 0.191 e. The summed E-state index contributed by atoms with van der Waals surface area (Å²) in [6.07, 6.45) is 1.19. The molecule has 1 rings (SSSR count). The van der Waals surface area contributed by atoms with Crippen LogP contribution < -0.4 is 5.73 Å². The maximum absolute atomic E-state index is 5.81. The summed E-state index contributed by atoms with van der Waals surface area (Å²) in [7, 11) is 4.22. The molecule has 0 amide bonds. The summed E-state index contributed by atoms with van der Waals surface area (Å²) in [4.78, 5) is 8.61. The molecule has 13 heavy (non-hydrogen) atoms. The number of nitrogens with zero attached hydrogens (tertiary/aromatic N) is 3. The van der Waals surface area contributed by atoms with E-state index in [9.17, 15) is 0 Å². The molecule has 0 saturated carbocycles. The Kier molecular flexibility index (Phi) is 3.54. The van der Waals surface area contributed by atoms with Crippen LogP contribution in [0.1, 0.15) is 13.3 Å². The smallest absolute Gasteiger partial charge is 0.191 e. The monoisotopic (exact) mass is 184 g/mol. The van der Waals surface area contributed by atoms with E-state index in [0.29, 0.717) is 12.0 Å². The molecule has 1 aliphatic rings. The summed E-state index contributed by atoms with van der Waals surface area (Å²) < 4.78 is 0. The highest BCUT2D eigenvalue weighted by Gasteiger charge is 2.24. The lowest BCUT2D eigenvalue weighted by molar-refractivity contribution is 0.300. The first-order chi connectivity index (χ1) is 6.15. The summed E-state index contributed by atoms with van der Waals surface area (Å²) in [5, 5.41) is 0. The molecule has 1 aliphatic heterocycles. The van der Waals surface area contributed by atoms with Gasteiger partial charge in [0.25, 0.3) is 0 Å². The number of aliphatic imine (C=N–C) groups is 1. The number of nitrogens with two attached hydrogens (primary N) is 1. The Morgan fingerprint density at radius 3 is 2.77 bits per heavy atom. The third-order valence-corrected chi connectivity index (χ3v) is 2.54. The van der Waals surface area contributed by atoms with E-state index in [1.54, 1.807) is 0 Å². The summed E-state index contributed by atoms with van der Waals surface area (Å²) in [5.74, 6) is 0.701. The highest BCUT2D eigenvalue weighted by Crippen LogP contribution is 2.12. The molecular weight excluding hydrogens is 164 g/mol. The van der Waals surface area contributed by atoms with E-state index in [0.717, 1.165) is 19.6 Å². The second-order valence-corrected chi connectivity index (χ2v) is 3.68. The second kappa shape index (κ2) is 4.46. The zero-order valence-electron chi connectivity index (χ0n) is 8.82. The van der Waals surface area contributed by atoms with Gasteiger partial charge in [-0.05, 0) is 27.4 Å². The molecule has 0 aromatic heterocycles. The molecule has 0 spiro atoms. The number of hydrogen-bond acceptors (Lipinski definition) is 2. The van der Waals surface area contributed by atoms with E-state index >= 15 is 0 Å². The van der Waals surface area contributed by atoms with Crippen LogP contribution >= 0.6 is 0 Å². The van der Waals surface area contributed by atoms with Crippen molar-refractivity contribution in [2.45, 2.75) is 19.4 Å². The molecule has 4 nitrogen and oxygen atoms in total. The third kappa shape index (κ3) is 2.59. The average Bonchev–Trinajstić information content (AvgIpc) is 2.52. The van der Waals surface area contributed by atoms with Crippen LogP contribution in [0.5, 0.6) is 0 Å². The van der Waals surface area contributed by atoms with Gasteiger partial charge in [0.2, 0.25) is 0 Å². The lowest BCUT2D eigenvalue weighted by atomic mass is 10.2. The van der Waals surface area contributed by atoms with Crippen molar-refractivity contribution >= 4 is 5.96 Å². The van der Waals surface area contributed by atoms with E-state index < -0.39 is 0 Å². The number of hydrogen-bond donors (Lipinski definition) is 1. The highest BCUT2D eigenvalue weighted by atomic mass is 15.3. The van der Waals surface area contributed by atoms with Gasteiger partial charge in [0, 0.05) is 25.7 Å². The molecule has 0 radical (unpaired) electrons. The number of rotatable bonds is 2. The Morgan fingerprint density at radius 1 is 1.62 bits per heavy atom. The fourth-order valence-corrected chi connectivity index (χ4v) is 1.63. The predicted octanol–water partition coefficient (Wildman–Crippen LogP) is -0.0431. The lowest BCUT2D eigenvalue weighted by Crippen LogP contribution is -2.38. The van der Waals surface area contributed by atoms with Crippen LogP contribution in [-0.2, 0) is 0 Å². The standard InChI is InChI=1S/C9H20N4/c1-4-11-9(10)13-6-5-8(7-13)12(2)3/h8H,4-7H2,1-3H3,(H2,10,11). The molecule has 0 aliphatic carbocycles. The van der Waals surface area contributed by atoms with Crippen LogP contribution in [0.4, 0.5) is 0 Å². The van der Waals surface area contributed by atoms with Crippen LogP contribution in [0.15, 0.2) is 4.99 Å². The minimum absolute atomic E-state index is 0.630. The van der Waals surface area contributed by atoms with Crippen molar-refractivity contribution in [3.05, 3.63) is 0 Å². The van der Waals surface area contributed by atoms with Crippen LogP contribution in [0.2, 0.25) is 0 Å². The second-order valence-electron chi connectivity index (χ2n) is 3.68. The van der Waals surface area contributed by atoms with Crippen molar-refractivity contribution in [1.29, 1.82) is 0 Å². The summed E-state index contributed by atoms with van der Waals surface area (Å²) in [6.45, 7) is 4.84. The molecule has 1 unspecified atom stereocenters. The van der Waals surface area contributed by atoms with Crippen LogP contribution in [0.25, 0.3) is 0 Å². The summed E-state index contributed by atoms with van der Waals surface area (Å²) in [5.41, 5.74) is 5.81. The van der Waals surface area contributed by atoms with Crippen molar-refractivity contribution in [2.24, 2.45) is 10.7 Å². The molecule has 4 heteroatoms. The molecule has 1 saturated heterocycles. The number of likely N-dealkylation sites (tertiary alicyclic amines) is 1. The van der Waals surface area contributed by atoms with Crippen LogP contribution in [-0.4, -0.2) is 55.5 Å². The lowest BCUT2D eigenvalue weighted by Gasteiger charge is -2.20. The van der Waals surface area contributed by atoms with Gasteiger partial charge in [0.05, 0.1) is 0 Å². The fraction of sp³-hybridized carbons (Fsp3) is 0.889. The molecular formula is C9H20N4. The molecule has 0 aromatic carbocycles. The van der Waals surface area contributed by atoms with Crippen LogP contribution in [0.3, 0.4) is 0 Å². The third-order valence-electron chi connectivity index (χ3n) is 2.54. The SMILES string of the molecule is CCN=C(N)N1CCC(N(C)C)C1. The van der Waals surface area contributed by atoms with Gasteiger partial charge in [0.15, 0.2) is 5.96 Å². The topological polar surface area (TPSA) is 44.9 Å². The fourth-order valence-electron chi connectivity index (χ4n) is 1.63. The Morgan fingerprint density at radius 2 is 2.31 bits per heavy atom. The largest absolute Gasteiger partial charge is 0.370 e. The Hall–Kier alpha value is -0.770. The van der Waals surface area contributed by atoms with Gasteiger partial charge < -0.3 is 15.5 Å². The first kappa shape index (κ1) is 10.3. The van der Waals surface area contributed by atoms with Gasteiger partial charge in [-0.15, -0.1) is 0 Å². The van der Waals surface area contributed by atoms with Gasteiger partial charge >= 0.3 is 0 Å². The summed E-state index contributed by atoms with van der Waals surface area (Å²) in [6, 6.07) is 0.630. The highest BCUT2D eigenvalue weighted by molar-refractivity contribution is 5.78. The first-order valence-electron chi connectivity index (χ1n) is 4.86. The van der Waals surface area contributed by atoms with Crippen LogP contribution in [0, 0.1) is 0 Å². The van der Waals surface area contributed by atoms with Crippen molar-refractivity contribution in [3.63, 3.8) is 0 Å². The van der Waals surface area contributed by atoms with Crippen molar-refractivity contribution in [3.8, 4) is 0 Å². The van der Waals surface area contributed by atoms with Gasteiger partial charge in [0.1, 0.15) is 0 Å². The Balaban J connectivity index is 2.45. The average molecular weight is 184 g/mol. The van der Waals surface area contributed by atoms with E-state index in [4.69, 9.17) is 5.73 Å². The Labute approximate surface area is 80.4 Å².